The van der Waals surface area contributed by atoms with Gasteiger partial charge in [0.1, 0.15) is 11.9 Å². The van der Waals surface area contributed by atoms with Gasteiger partial charge in [-0.2, -0.15) is 5.26 Å². The Bertz CT molecular complexity index is 695. The van der Waals surface area contributed by atoms with Crippen molar-refractivity contribution in [2.75, 3.05) is 18.4 Å². The number of aromatic nitrogens is 1. The van der Waals surface area contributed by atoms with Gasteiger partial charge in [0.25, 0.3) is 0 Å². The van der Waals surface area contributed by atoms with Crippen molar-refractivity contribution in [2.45, 2.75) is 19.3 Å². The third-order valence-corrected chi connectivity index (χ3v) is 3.65. The van der Waals surface area contributed by atoms with Crippen LogP contribution in [0.3, 0.4) is 0 Å². The number of amides is 1. The molecule has 1 fully saturated rings. The molecule has 3 rings (SSSR count). The van der Waals surface area contributed by atoms with Crippen molar-refractivity contribution in [1.29, 1.82) is 5.26 Å². The molecule has 0 spiro atoms. The Morgan fingerprint density at radius 3 is 3.24 bits per heavy atom. The molecular weight excluding hydrogens is 268 g/mol. The molecule has 21 heavy (non-hydrogen) atoms. The van der Waals surface area contributed by atoms with Gasteiger partial charge < -0.3 is 15.1 Å². The fourth-order valence-corrected chi connectivity index (χ4v) is 2.62. The minimum atomic E-state index is -0.0282. The second kappa shape index (κ2) is 5.94. The van der Waals surface area contributed by atoms with Crippen LogP contribution in [-0.2, 0) is 4.79 Å². The van der Waals surface area contributed by atoms with E-state index in [1.807, 2.05) is 6.07 Å². The Morgan fingerprint density at radius 2 is 2.48 bits per heavy atom. The number of nitrogens with one attached hydrogen (secondary N) is 2. The smallest absolute Gasteiger partial charge is 0.225 e. The van der Waals surface area contributed by atoms with Gasteiger partial charge in [0.05, 0.1) is 6.20 Å². The van der Waals surface area contributed by atoms with Gasteiger partial charge in [-0.05, 0) is 37.9 Å². The van der Waals surface area contributed by atoms with Crippen molar-refractivity contribution in [2.24, 2.45) is 5.92 Å². The number of nitrogens with zero attached hydrogens (tertiary/aromatic N) is 2. The Hall–Kier alpha value is -2.39. The van der Waals surface area contributed by atoms with E-state index in [2.05, 4.69) is 15.6 Å². The number of pyridine rings is 1. The van der Waals surface area contributed by atoms with Gasteiger partial charge in [0.15, 0.2) is 5.58 Å². The molecule has 1 unspecified atom stereocenters. The standard InChI is InChI=1S/C15H16N4O2/c16-7-12-5-11-6-14(18-9-13(11)21-12)19-15(20)4-10-2-1-3-17-8-10/h5-6,9-10,17H,1-4,8H2,(H,18,19,20). The fraction of sp³-hybridized carbons (Fsp3) is 0.400. The molecule has 1 aliphatic heterocycles. The molecule has 6 nitrogen and oxygen atoms in total. The maximum atomic E-state index is 12.0. The molecule has 1 aliphatic rings. The topological polar surface area (TPSA) is 91.0 Å². The maximum absolute atomic E-state index is 12.0. The van der Waals surface area contributed by atoms with Crippen molar-refractivity contribution in [3.63, 3.8) is 0 Å². The minimum absolute atomic E-state index is 0.0282. The quantitative estimate of drug-likeness (QED) is 0.899. The van der Waals surface area contributed by atoms with Crippen LogP contribution < -0.4 is 10.6 Å². The third kappa shape index (κ3) is 3.20. The summed E-state index contributed by atoms with van der Waals surface area (Å²) in [4.78, 5) is 16.2. The zero-order valence-corrected chi connectivity index (χ0v) is 11.6. The molecular formula is C15H16N4O2. The number of carbonyl (C=O) groups excluding carboxylic acids is 1. The molecule has 108 valence electrons. The number of nitriles is 1. The number of carbonyl (C=O) groups is 1. The summed E-state index contributed by atoms with van der Waals surface area (Å²) in [5.74, 6) is 1.09. The van der Waals surface area contributed by atoms with E-state index in [0.29, 0.717) is 23.7 Å². The summed E-state index contributed by atoms with van der Waals surface area (Å²) in [6, 6.07) is 5.30. The second-order valence-electron chi connectivity index (χ2n) is 5.29. The molecule has 2 aromatic rings. The first kappa shape index (κ1) is 13.6. The van der Waals surface area contributed by atoms with E-state index >= 15 is 0 Å². The highest BCUT2D eigenvalue weighted by Gasteiger charge is 2.17. The highest BCUT2D eigenvalue weighted by atomic mass is 16.3. The van der Waals surface area contributed by atoms with Gasteiger partial charge in [-0.15, -0.1) is 0 Å². The summed E-state index contributed by atoms with van der Waals surface area (Å²) in [7, 11) is 0. The van der Waals surface area contributed by atoms with Gasteiger partial charge >= 0.3 is 0 Å². The average molecular weight is 284 g/mol. The third-order valence-electron chi connectivity index (χ3n) is 3.65. The molecule has 0 aromatic carbocycles. The largest absolute Gasteiger partial charge is 0.444 e. The van der Waals surface area contributed by atoms with E-state index < -0.39 is 0 Å². The van der Waals surface area contributed by atoms with Crippen molar-refractivity contribution >= 4 is 22.7 Å². The van der Waals surface area contributed by atoms with Crippen molar-refractivity contribution < 1.29 is 9.21 Å². The molecule has 6 heteroatoms. The maximum Gasteiger partial charge on any atom is 0.225 e. The van der Waals surface area contributed by atoms with Crippen LogP contribution in [0.5, 0.6) is 0 Å². The molecule has 0 aliphatic carbocycles. The number of piperidine rings is 1. The van der Waals surface area contributed by atoms with Crippen molar-refractivity contribution in [1.82, 2.24) is 10.3 Å². The Kier molecular flexibility index (Phi) is 3.84. The van der Waals surface area contributed by atoms with Crippen LogP contribution in [0.2, 0.25) is 0 Å². The Morgan fingerprint density at radius 1 is 1.57 bits per heavy atom. The second-order valence-corrected chi connectivity index (χ2v) is 5.29. The van der Waals surface area contributed by atoms with Crippen molar-refractivity contribution in [3.8, 4) is 6.07 Å². The van der Waals surface area contributed by atoms with E-state index in [-0.39, 0.29) is 11.7 Å². The summed E-state index contributed by atoms with van der Waals surface area (Å²) in [6.45, 7) is 1.94. The van der Waals surface area contributed by atoms with Crippen LogP contribution in [-0.4, -0.2) is 24.0 Å². The van der Waals surface area contributed by atoms with Gasteiger partial charge in [0.2, 0.25) is 11.7 Å². The van der Waals surface area contributed by atoms with Crippen LogP contribution >= 0.6 is 0 Å². The van der Waals surface area contributed by atoms with E-state index in [1.54, 1.807) is 12.1 Å². The molecule has 0 saturated carbocycles. The van der Waals surface area contributed by atoms with E-state index in [4.69, 9.17) is 9.68 Å². The van der Waals surface area contributed by atoms with Crippen LogP contribution in [0.4, 0.5) is 5.82 Å². The number of hydrogen-bond donors (Lipinski definition) is 2. The lowest BCUT2D eigenvalue weighted by atomic mass is 9.96. The number of fused-ring (bicyclic) bond motifs is 1. The molecule has 2 aromatic heterocycles. The first-order valence-electron chi connectivity index (χ1n) is 7.05. The van der Waals surface area contributed by atoms with Crippen LogP contribution in [0.15, 0.2) is 22.7 Å². The normalized spacial score (nSPS) is 18.3. The first-order valence-corrected chi connectivity index (χ1v) is 7.05. The van der Waals surface area contributed by atoms with Crippen LogP contribution in [0.25, 0.3) is 11.0 Å². The molecule has 1 amide bonds. The van der Waals surface area contributed by atoms with E-state index in [9.17, 15) is 4.79 Å². The summed E-state index contributed by atoms with van der Waals surface area (Å²) in [6.07, 6.45) is 4.23. The van der Waals surface area contributed by atoms with Gasteiger partial charge in [-0.3, -0.25) is 4.79 Å². The number of rotatable bonds is 3. The molecule has 1 atom stereocenters. The SMILES string of the molecule is N#Cc1cc2cc(NC(=O)CC3CCCNC3)ncc2o1. The zero-order chi connectivity index (χ0) is 14.7. The predicted octanol–water partition coefficient (Wildman–Crippen LogP) is 2.03. The van der Waals surface area contributed by atoms with Crippen molar-refractivity contribution in [3.05, 3.63) is 24.1 Å². The summed E-state index contributed by atoms with van der Waals surface area (Å²) in [5.41, 5.74) is 0.543. The summed E-state index contributed by atoms with van der Waals surface area (Å²) >= 11 is 0. The first-order chi connectivity index (χ1) is 10.2. The lowest BCUT2D eigenvalue weighted by molar-refractivity contribution is -0.117. The molecule has 1 saturated heterocycles. The summed E-state index contributed by atoms with van der Waals surface area (Å²) in [5, 5.41) is 15.7. The fourth-order valence-electron chi connectivity index (χ4n) is 2.62. The Labute approximate surface area is 122 Å². The highest BCUT2D eigenvalue weighted by molar-refractivity contribution is 5.92. The highest BCUT2D eigenvalue weighted by Crippen LogP contribution is 2.21. The number of anilines is 1. The number of hydrogen-bond acceptors (Lipinski definition) is 5. The lowest BCUT2D eigenvalue weighted by Crippen LogP contribution is -2.32. The lowest BCUT2D eigenvalue weighted by Gasteiger charge is -2.21. The van der Waals surface area contributed by atoms with Crippen LogP contribution in [0.1, 0.15) is 25.0 Å². The molecule has 3 heterocycles. The van der Waals surface area contributed by atoms with Crippen LogP contribution in [0, 0.1) is 17.2 Å². The zero-order valence-electron chi connectivity index (χ0n) is 11.6. The van der Waals surface area contributed by atoms with Gasteiger partial charge in [-0.1, -0.05) is 0 Å². The molecule has 0 bridgehead atoms. The monoisotopic (exact) mass is 284 g/mol. The minimum Gasteiger partial charge on any atom is -0.444 e. The Balaban J connectivity index is 1.66. The average Bonchev–Trinajstić information content (AvgIpc) is 2.90. The van der Waals surface area contributed by atoms with E-state index in [0.717, 1.165) is 31.3 Å². The van der Waals surface area contributed by atoms with Gasteiger partial charge in [0, 0.05) is 17.9 Å². The molecule has 0 radical (unpaired) electrons. The molecule has 2 N–H and O–H groups in total. The summed E-state index contributed by atoms with van der Waals surface area (Å²) < 4.78 is 5.25. The van der Waals surface area contributed by atoms with E-state index in [1.165, 1.54) is 6.20 Å². The predicted molar refractivity (Wildman–Crippen MR) is 77.6 cm³/mol. The number of furan rings is 1. The van der Waals surface area contributed by atoms with Gasteiger partial charge in [-0.25, -0.2) is 4.98 Å².